The van der Waals surface area contributed by atoms with Crippen molar-refractivity contribution in [3.05, 3.63) is 12.2 Å². The number of rotatable bonds is 7. The molecule has 0 aliphatic rings. The molecule has 0 spiro atoms. The minimum Gasteiger partial charge on any atom is -0.462 e. The van der Waals surface area contributed by atoms with Crippen LogP contribution >= 0.6 is 0 Å². The van der Waals surface area contributed by atoms with Crippen molar-refractivity contribution in [2.45, 2.75) is 13.3 Å². The normalized spacial score (nSPS) is 10.3. The Kier molecular flexibility index (Phi) is 7.06. The number of nitrogens with zero attached hydrogens (tertiary/aromatic N) is 1. The highest BCUT2D eigenvalue weighted by atomic mass is 16.5. The van der Waals surface area contributed by atoms with Gasteiger partial charge in [-0.1, -0.05) is 6.58 Å². The van der Waals surface area contributed by atoms with Crippen LogP contribution in [-0.2, 0) is 14.3 Å². The van der Waals surface area contributed by atoms with E-state index >= 15 is 0 Å². The number of carbonyl (C=O) groups excluding carboxylic acids is 1. The molecule has 0 radical (unpaired) electrons. The van der Waals surface area contributed by atoms with Crippen LogP contribution in [0.15, 0.2) is 12.2 Å². The van der Waals surface area contributed by atoms with E-state index in [-0.39, 0.29) is 5.97 Å². The summed E-state index contributed by atoms with van der Waals surface area (Å²) in [5, 5.41) is 0. The highest BCUT2D eigenvalue weighted by Crippen LogP contribution is 1.93. The van der Waals surface area contributed by atoms with Crippen molar-refractivity contribution in [1.82, 2.24) is 4.90 Å². The lowest BCUT2D eigenvalue weighted by molar-refractivity contribution is -0.139. The first-order valence-corrected chi connectivity index (χ1v) is 4.59. The molecular formula is C10H19NO3. The summed E-state index contributed by atoms with van der Waals surface area (Å²) in [6.07, 6.45) is 0.715. The molecule has 4 heteroatoms. The van der Waals surface area contributed by atoms with Crippen molar-refractivity contribution >= 4 is 5.97 Å². The third-order valence-corrected chi connectivity index (χ3v) is 1.36. The molecule has 0 atom stereocenters. The summed E-state index contributed by atoms with van der Waals surface area (Å²) >= 11 is 0. The van der Waals surface area contributed by atoms with Gasteiger partial charge in [-0.2, -0.15) is 0 Å². The van der Waals surface area contributed by atoms with Gasteiger partial charge in [-0.05, 0) is 21.0 Å². The molecule has 0 fully saturated rings. The van der Waals surface area contributed by atoms with Crippen LogP contribution in [-0.4, -0.2) is 44.9 Å². The van der Waals surface area contributed by atoms with Gasteiger partial charge < -0.3 is 9.47 Å². The molecule has 0 aromatic carbocycles. The van der Waals surface area contributed by atoms with E-state index in [1.54, 1.807) is 6.92 Å². The van der Waals surface area contributed by atoms with E-state index in [4.69, 9.17) is 9.47 Å². The van der Waals surface area contributed by atoms with Crippen LogP contribution in [0.25, 0.3) is 0 Å². The van der Waals surface area contributed by atoms with Crippen molar-refractivity contribution in [2.24, 2.45) is 0 Å². The Morgan fingerprint density at radius 3 is 2.50 bits per heavy atom. The predicted octanol–water partition coefficient (Wildman–Crippen LogP) is 1.03. The molecule has 0 unspecified atom stereocenters. The van der Waals surface area contributed by atoms with Gasteiger partial charge in [0.2, 0.25) is 0 Å². The second-order valence-electron chi connectivity index (χ2n) is 3.39. The quantitative estimate of drug-likeness (QED) is 0.267. The van der Waals surface area contributed by atoms with Crippen LogP contribution < -0.4 is 0 Å². The number of hydrogen-bond acceptors (Lipinski definition) is 4. The lowest BCUT2D eigenvalue weighted by atomic mass is 10.4. The van der Waals surface area contributed by atoms with Crippen molar-refractivity contribution in [3.8, 4) is 0 Å². The minimum atomic E-state index is -0.336. The van der Waals surface area contributed by atoms with E-state index in [2.05, 4.69) is 6.58 Å². The zero-order valence-corrected chi connectivity index (χ0v) is 9.21. The monoisotopic (exact) mass is 201 g/mol. The lowest BCUT2D eigenvalue weighted by Crippen LogP contribution is -2.17. The van der Waals surface area contributed by atoms with Gasteiger partial charge in [0.15, 0.2) is 0 Å². The van der Waals surface area contributed by atoms with Crippen LogP contribution in [0.2, 0.25) is 0 Å². The van der Waals surface area contributed by atoms with E-state index in [0.29, 0.717) is 31.9 Å². The molecular weight excluding hydrogens is 182 g/mol. The third-order valence-electron chi connectivity index (χ3n) is 1.36. The maximum atomic E-state index is 10.9. The summed E-state index contributed by atoms with van der Waals surface area (Å²) in [5.74, 6) is -0.336. The fourth-order valence-electron chi connectivity index (χ4n) is 0.696. The Morgan fingerprint density at radius 1 is 1.36 bits per heavy atom. The third kappa shape index (κ3) is 7.76. The molecule has 0 aliphatic carbocycles. The maximum absolute atomic E-state index is 10.9. The average Bonchev–Trinajstić information content (AvgIpc) is 2.09. The fraction of sp³-hybridized carbons (Fsp3) is 0.700. The highest BCUT2D eigenvalue weighted by molar-refractivity contribution is 5.86. The Labute approximate surface area is 85.5 Å². The Balaban J connectivity index is 3.22. The second-order valence-corrected chi connectivity index (χ2v) is 3.39. The molecule has 4 nitrogen and oxygen atoms in total. The number of esters is 1. The highest BCUT2D eigenvalue weighted by Gasteiger charge is 2.01. The first-order valence-electron chi connectivity index (χ1n) is 4.59. The van der Waals surface area contributed by atoms with Gasteiger partial charge in [0.25, 0.3) is 0 Å². The zero-order valence-electron chi connectivity index (χ0n) is 9.21. The van der Waals surface area contributed by atoms with Gasteiger partial charge in [-0.25, -0.2) is 4.79 Å². The van der Waals surface area contributed by atoms with E-state index in [0.717, 1.165) is 0 Å². The lowest BCUT2D eigenvalue weighted by Gasteiger charge is -2.10. The van der Waals surface area contributed by atoms with Gasteiger partial charge in [-0.15, -0.1) is 0 Å². The maximum Gasteiger partial charge on any atom is 0.333 e. The molecule has 0 aromatic rings. The fourth-order valence-corrected chi connectivity index (χ4v) is 0.696. The molecule has 0 bridgehead atoms. The summed E-state index contributed by atoms with van der Waals surface area (Å²) in [7, 11) is 3.86. The van der Waals surface area contributed by atoms with Gasteiger partial charge in [-0.3, -0.25) is 4.90 Å². The molecule has 0 aliphatic heterocycles. The molecule has 0 heterocycles. The van der Waals surface area contributed by atoms with Gasteiger partial charge in [0.1, 0.15) is 0 Å². The molecule has 0 amide bonds. The van der Waals surface area contributed by atoms with Crippen molar-refractivity contribution in [1.29, 1.82) is 0 Å². The van der Waals surface area contributed by atoms with E-state index in [1.807, 2.05) is 19.0 Å². The van der Waals surface area contributed by atoms with Gasteiger partial charge in [0, 0.05) is 12.0 Å². The zero-order chi connectivity index (χ0) is 11.0. The summed E-state index contributed by atoms with van der Waals surface area (Å²) in [6.45, 7) is 6.69. The van der Waals surface area contributed by atoms with Crippen molar-refractivity contribution in [3.63, 3.8) is 0 Å². The topological polar surface area (TPSA) is 38.8 Å². The molecule has 0 saturated carbocycles. The van der Waals surface area contributed by atoms with Crippen LogP contribution in [0.3, 0.4) is 0 Å². The summed E-state index contributed by atoms with van der Waals surface area (Å²) in [6, 6.07) is 0. The molecule has 0 saturated heterocycles. The minimum absolute atomic E-state index is 0.336. The van der Waals surface area contributed by atoms with Crippen molar-refractivity contribution < 1.29 is 14.3 Å². The SMILES string of the molecule is C=C(C)C(=O)OCCCOCN(C)C. The van der Waals surface area contributed by atoms with E-state index in [9.17, 15) is 4.79 Å². The second kappa shape index (κ2) is 7.53. The number of carbonyl (C=O) groups is 1. The number of hydrogen-bond donors (Lipinski definition) is 0. The summed E-state index contributed by atoms with van der Waals surface area (Å²) < 4.78 is 10.1. The summed E-state index contributed by atoms with van der Waals surface area (Å²) in [4.78, 5) is 12.8. The molecule has 14 heavy (non-hydrogen) atoms. The van der Waals surface area contributed by atoms with Gasteiger partial charge >= 0.3 is 5.97 Å². The summed E-state index contributed by atoms with van der Waals surface area (Å²) in [5.41, 5.74) is 0.430. The Morgan fingerprint density at radius 2 is 2.00 bits per heavy atom. The van der Waals surface area contributed by atoms with Crippen LogP contribution in [0.5, 0.6) is 0 Å². The molecule has 0 aromatic heterocycles. The van der Waals surface area contributed by atoms with Crippen LogP contribution in [0.1, 0.15) is 13.3 Å². The predicted molar refractivity (Wildman–Crippen MR) is 54.9 cm³/mol. The Bertz CT molecular complexity index is 190. The van der Waals surface area contributed by atoms with E-state index < -0.39 is 0 Å². The number of ether oxygens (including phenoxy) is 2. The smallest absolute Gasteiger partial charge is 0.333 e. The molecule has 82 valence electrons. The largest absolute Gasteiger partial charge is 0.462 e. The van der Waals surface area contributed by atoms with Crippen LogP contribution in [0.4, 0.5) is 0 Å². The average molecular weight is 201 g/mol. The Hall–Kier alpha value is -0.870. The standard InChI is InChI=1S/C10H19NO3/c1-9(2)10(12)14-7-5-6-13-8-11(3)4/h1,5-8H2,2-4H3. The van der Waals surface area contributed by atoms with Crippen molar-refractivity contribution in [2.75, 3.05) is 34.0 Å². The van der Waals surface area contributed by atoms with Crippen LogP contribution in [0, 0.1) is 0 Å². The molecule has 0 rings (SSSR count). The molecule has 0 N–H and O–H groups in total. The van der Waals surface area contributed by atoms with Gasteiger partial charge in [0.05, 0.1) is 19.9 Å². The first-order chi connectivity index (χ1) is 6.54. The first kappa shape index (κ1) is 13.1. The van der Waals surface area contributed by atoms with E-state index in [1.165, 1.54) is 0 Å².